The minimum atomic E-state index is -0.0746. The maximum absolute atomic E-state index is 12.8. The van der Waals surface area contributed by atoms with E-state index in [1.807, 2.05) is 51.1 Å². The Morgan fingerprint density at radius 3 is 2.69 bits per heavy atom. The van der Waals surface area contributed by atoms with Crippen LogP contribution in [-0.4, -0.2) is 21.2 Å². The Bertz CT molecular complexity index is 993. The lowest BCUT2D eigenvalue weighted by Crippen LogP contribution is -2.26. The number of aryl methyl sites for hydroxylation is 2. The first kappa shape index (κ1) is 18.7. The summed E-state index contributed by atoms with van der Waals surface area (Å²) < 4.78 is 1.65. The number of rotatable bonds is 6. The van der Waals surface area contributed by atoms with Gasteiger partial charge in [-0.3, -0.25) is 14.2 Å². The Morgan fingerprint density at radius 2 is 2.00 bits per heavy atom. The van der Waals surface area contributed by atoms with Gasteiger partial charge in [0.15, 0.2) is 5.16 Å². The van der Waals surface area contributed by atoms with E-state index in [0.717, 1.165) is 20.8 Å². The number of benzene rings is 1. The second-order valence-corrected chi connectivity index (χ2v) is 8.10. The molecule has 1 aromatic carbocycles. The SMILES string of the molecule is CCn1c(SCC(=O)NCc2ccccc2)nc2sc(C)c(C)c2c1=O. The quantitative estimate of drug-likeness (QED) is 0.519. The van der Waals surface area contributed by atoms with Crippen LogP contribution in [0.4, 0.5) is 0 Å². The van der Waals surface area contributed by atoms with Gasteiger partial charge in [-0.15, -0.1) is 11.3 Å². The molecule has 0 bridgehead atoms. The molecule has 1 N–H and O–H groups in total. The van der Waals surface area contributed by atoms with Gasteiger partial charge in [0, 0.05) is 18.0 Å². The molecule has 2 heterocycles. The smallest absolute Gasteiger partial charge is 0.263 e. The number of thioether (sulfide) groups is 1. The van der Waals surface area contributed by atoms with Crippen LogP contribution >= 0.6 is 23.1 Å². The molecule has 1 amide bonds. The molecule has 5 nitrogen and oxygen atoms in total. The van der Waals surface area contributed by atoms with E-state index in [0.29, 0.717) is 23.6 Å². The highest BCUT2D eigenvalue weighted by atomic mass is 32.2. The summed E-state index contributed by atoms with van der Waals surface area (Å²) in [4.78, 5) is 31.4. The number of amides is 1. The summed E-state index contributed by atoms with van der Waals surface area (Å²) in [6, 6.07) is 9.78. The number of hydrogen-bond acceptors (Lipinski definition) is 5. The van der Waals surface area contributed by atoms with Crippen molar-refractivity contribution in [2.24, 2.45) is 0 Å². The van der Waals surface area contributed by atoms with Gasteiger partial charge in [-0.1, -0.05) is 42.1 Å². The highest BCUT2D eigenvalue weighted by Gasteiger charge is 2.16. The lowest BCUT2D eigenvalue weighted by molar-refractivity contribution is -0.118. The number of nitrogens with one attached hydrogen (secondary N) is 1. The third-order valence-electron chi connectivity index (χ3n) is 4.23. The molecule has 7 heteroatoms. The van der Waals surface area contributed by atoms with E-state index in [1.54, 1.807) is 4.57 Å². The van der Waals surface area contributed by atoms with Gasteiger partial charge in [-0.05, 0) is 31.9 Å². The molecule has 0 saturated carbocycles. The van der Waals surface area contributed by atoms with E-state index in [9.17, 15) is 9.59 Å². The number of fused-ring (bicyclic) bond motifs is 1. The molecule has 0 radical (unpaired) electrons. The van der Waals surface area contributed by atoms with Crippen LogP contribution < -0.4 is 10.9 Å². The Kier molecular flexibility index (Phi) is 5.78. The Labute approximate surface area is 160 Å². The molecule has 3 aromatic rings. The van der Waals surface area contributed by atoms with Crippen molar-refractivity contribution in [3.63, 3.8) is 0 Å². The van der Waals surface area contributed by atoms with Gasteiger partial charge >= 0.3 is 0 Å². The Balaban J connectivity index is 1.74. The van der Waals surface area contributed by atoms with Crippen LogP contribution in [0.1, 0.15) is 22.9 Å². The second-order valence-electron chi connectivity index (χ2n) is 5.96. The van der Waals surface area contributed by atoms with Crippen molar-refractivity contribution >= 4 is 39.2 Å². The number of nitrogens with zero attached hydrogens (tertiary/aromatic N) is 2. The van der Waals surface area contributed by atoms with E-state index >= 15 is 0 Å². The minimum Gasteiger partial charge on any atom is -0.351 e. The lowest BCUT2D eigenvalue weighted by Gasteiger charge is -2.10. The van der Waals surface area contributed by atoms with E-state index in [1.165, 1.54) is 23.1 Å². The fourth-order valence-corrected chi connectivity index (χ4v) is 4.64. The molecule has 26 heavy (non-hydrogen) atoms. The van der Waals surface area contributed by atoms with Gasteiger partial charge < -0.3 is 5.32 Å². The third-order valence-corrected chi connectivity index (χ3v) is 6.31. The molecule has 0 saturated heterocycles. The van der Waals surface area contributed by atoms with Crippen LogP contribution in [0.25, 0.3) is 10.2 Å². The summed E-state index contributed by atoms with van der Waals surface area (Å²) in [5, 5.41) is 4.20. The van der Waals surface area contributed by atoms with E-state index in [-0.39, 0.29) is 17.2 Å². The molecule has 136 valence electrons. The standard InChI is InChI=1S/C19H21N3O2S2/c1-4-22-18(24)16-12(2)13(3)26-17(16)21-19(22)25-11-15(23)20-10-14-8-6-5-7-9-14/h5-9H,4,10-11H2,1-3H3,(H,20,23). The zero-order chi connectivity index (χ0) is 18.7. The van der Waals surface area contributed by atoms with Crippen molar-refractivity contribution in [3.8, 4) is 0 Å². The van der Waals surface area contributed by atoms with Crippen molar-refractivity contribution < 1.29 is 4.79 Å². The van der Waals surface area contributed by atoms with Crippen LogP contribution in [0.15, 0.2) is 40.3 Å². The van der Waals surface area contributed by atoms with Gasteiger partial charge in [0.1, 0.15) is 4.83 Å². The van der Waals surface area contributed by atoms with Crippen LogP contribution in [0, 0.1) is 13.8 Å². The molecule has 2 aromatic heterocycles. The number of hydrogen-bond donors (Lipinski definition) is 1. The molecule has 0 atom stereocenters. The van der Waals surface area contributed by atoms with Crippen LogP contribution in [0.2, 0.25) is 0 Å². The van der Waals surface area contributed by atoms with Crippen LogP contribution in [0.3, 0.4) is 0 Å². The zero-order valence-corrected chi connectivity index (χ0v) is 16.7. The number of carbonyl (C=O) groups excluding carboxylic acids is 1. The van der Waals surface area contributed by atoms with Crippen molar-refractivity contribution in [1.29, 1.82) is 0 Å². The number of aromatic nitrogens is 2. The fraction of sp³-hybridized carbons (Fsp3) is 0.316. The average Bonchev–Trinajstić information content (AvgIpc) is 2.93. The van der Waals surface area contributed by atoms with Gasteiger partial charge in [-0.2, -0.15) is 0 Å². The predicted molar refractivity (Wildman–Crippen MR) is 108 cm³/mol. The summed E-state index contributed by atoms with van der Waals surface area (Å²) in [6.07, 6.45) is 0. The second kappa shape index (κ2) is 8.05. The Morgan fingerprint density at radius 1 is 1.27 bits per heavy atom. The molecule has 0 aliphatic carbocycles. The number of carbonyl (C=O) groups is 1. The predicted octanol–water partition coefficient (Wildman–Crippen LogP) is 3.50. The highest BCUT2D eigenvalue weighted by Crippen LogP contribution is 2.28. The van der Waals surface area contributed by atoms with Crippen molar-refractivity contribution in [1.82, 2.24) is 14.9 Å². The lowest BCUT2D eigenvalue weighted by atomic mass is 10.2. The van der Waals surface area contributed by atoms with Crippen LogP contribution in [0.5, 0.6) is 0 Å². The first-order valence-corrected chi connectivity index (χ1v) is 10.3. The van der Waals surface area contributed by atoms with Gasteiger partial charge in [0.25, 0.3) is 5.56 Å². The summed E-state index contributed by atoms with van der Waals surface area (Å²) in [5.41, 5.74) is 2.04. The normalized spacial score (nSPS) is 11.0. The molecule has 0 spiro atoms. The first-order valence-electron chi connectivity index (χ1n) is 8.45. The monoisotopic (exact) mass is 387 g/mol. The van der Waals surface area contributed by atoms with Crippen LogP contribution in [-0.2, 0) is 17.9 Å². The Hall–Kier alpha value is -2.12. The molecular formula is C19H21N3O2S2. The average molecular weight is 388 g/mol. The third kappa shape index (κ3) is 3.83. The molecular weight excluding hydrogens is 366 g/mol. The minimum absolute atomic E-state index is 0.0217. The molecule has 0 aliphatic heterocycles. The maximum atomic E-state index is 12.8. The molecule has 3 rings (SSSR count). The fourth-order valence-electron chi connectivity index (χ4n) is 2.68. The van der Waals surface area contributed by atoms with E-state index in [2.05, 4.69) is 10.3 Å². The molecule has 0 aliphatic rings. The van der Waals surface area contributed by atoms with Crippen molar-refractivity contribution in [2.45, 2.75) is 39.0 Å². The largest absolute Gasteiger partial charge is 0.351 e. The summed E-state index contributed by atoms with van der Waals surface area (Å²) >= 11 is 2.84. The zero-order valence-electron chi connectivity index (χ0n) is 15.0. The maximum Gasteiger partial charge on any atom is 0.263 e. The summed E-state index contributed by atoms with van der Waals surface area (Å²) in [6.45, 7) is 6.91. The van der Waals surface area contributed by atoms with Gasteiger partial charge in [0.2, 0.25) is 5.91 Å². The highest BCUT2D eigenvalue weighted by molar-refractivity contribution is 7.99. The molecule has 0 fully saturated rings. The van der Waals surface area contributed by atoms with Gasteiger partial charge in [0.05, 0.1) is 11.1 Å². The molecule has 0 unspecified atom stereocenters. The number of thiophene rings is 1. The summed E-state index contributed by atoms with van der Waals surface area (Å²) in [7, 11) is 0. The topological polar surface area (TPSA) is 64.0 Å². The van der Waals surface area contributed by atoms with Crippen molar-refractivity contribution in [3.05, 3.63) is 56.7 Å². The van der Waals surface area contributed by atoms with E-state index < -0.39 is 0 Å². The van der Waals surface area contributed by atoms with E-state index in [4.69, 9.17) is 0 Å². The van der Waals surface area contributed by atoms with Gasteiger partial charge in [-0.25, -0.2) is 4.98 Å². The first-order chi connectivity index (χ1) is 12.5. The summed E-state index contributed by atoms with van der Waals surface area (Å²) in [5.74, 6) is 0.156. The van der Waals surface area contributed by atoms with Crippen molar-refractivity contribution in [2.75, 3.05) is 5.75 Å².